The van der Waals surface area contributed by atoms with E-state index in [9.17, 15) is 8.42 Å². The third kappa shape index (κ3) is 3.63. The van der Waals surface area contributed by atoms with E-state index in [0.29, 0.717) is 55.6 Å². The Balaban J connectivity index is 1.71. The van der Waals surface area contributed by atoms with Crippen molar-refractivity contribution < 1.29 is 17.9 Å². The number of nitrogens with one attached hydrogen (secondary N) is 1. The molecule has 2 aliphatic rings. The van der Waals surface area contributed by atoms with Crippen LogP contribution >= 0.6 is 0 Å². The molecule has 5 heterocycles. The lowest BCUT2D eigenvalue weighted by molar-refractivity contribution is 0.0985. The number of ether oxygens (including phenoxy) is 2. The average molecular weight is 444 g/mol. The number of H-pyrrole nitrogens is 1. The fourth-order valence-corrected chi connectivity index (χ4v) is 6.25. The lowest BCUT2D eigenvalue weighted by atomic mass is 10.1. The average Bonchev–Trinajstić information content (AvgIpc) is 3.38. The predicted octanol–water partition coefficient (Wildman–Crippen LogP) is 2.50. The van der Waals surface area contributed by atoms with E-state index in [0.717, 1.165) is 16.8 Å². The summed E-state index contributed by atoms with van der Waals surface area (Å²) in [6, 6.07) is 5.68. The van der Waals surface area contributed by atoms with Crippen LogP contribution in [0, 0.1) is 0 Å². The molecule has 0 amide bonds. The molecule has 2 fully saturated rings. The van der Waals surface area contributed by atoms with Crippen LogP contribution in [0.3, 0.4) is 0 Å². The van der Waals surface area contributed by atoms with Gasteiger partial charge in [0.05, 0.1) is 37.8 Å². The zero-order chi connectivity index (χ0) is 21.6. The molecule has 2 saturated heterocycles. The Hall–Kier alpha value is -2.72. The summed E-state index contributed by atoms with van der Waals surface area (Å²) in [6.07, 6.45) is 3.04. The standard InChI is InChI=1S/C21H25N5O4S/c1-13-12-30-8-7-26(13)18-11-16(17-4-3-9-31(17,27)28)23-21(24-18)15-10-19(29-2)25-20-14(15)5-6-22-20/h5-6,10-11,13,17H,3-4,7-9,12H2,1-2H3,(H,22,25)/t13-,17-/m1/s1. The maximum Gasteiger partial charge on any atom is 0.215 e. The maximum atomic E-state index is 12.7. The van der Waals surface area contributed by atoms with Crippen LogP contribution in [0.15, 0.2) is 24.4 Å². The van der Waals surface area contributed by atoms with Gasteiger partial charge in [-0.25, -0.2) is 18.4 Å². The number of aromatic amines is 1. The molecule has 0 bridgehead atoms. The van der Waals surface area contributed by atoms with Gasteiger partial charge in [0.15, 0.2) is 15.7 Å². The predicted molar refractivity (Wildman–Crippen MR) is 117 cm³/mol. The summed E-state index contributed by atoms with van der Waals surface area (Å²) in [7, 11) is -1.66. The van der Waals surface area contributed by atoms with Crippen molar-refractivity contribution in [3.8, 4) is 17.3 Å². The van der Waals surface area contributed by atoms with E-state index in [1.165, 1.54) is 0 Å². The Morgan fingerprint density at radius 3 is 2.87 bits per heavy atom. The number of nitrogens with zero attached hydrogens (tertiary/aromatic N) is 4. The van der Waals surface area contributed by atoms with Gasteiger partial charge < -0.3 is 19.4 Å². The van der Waals surface area contributed by atoms with E-state index in [1.54, 1.807) is 19.4 Å². The van der Waals surface area contributed by atoms with E-state index in [-0.39, 0.29) is 11.8 Å². The topological polar surface area (TPSA) is 110 Å². The summed E-state index contributed by atoms with van der Waals surface area (Å²) in [5.41, 5.74) is 1.97. The van der Waals surface area contributed by atoms with E-state index in [4.69, 9.17) is 19.4 Å². The minimum absolute atomic E-state index is 0.129. The molecule has 0 aliphatic carbocycles. The van der Waals surface area contributed by atoms with Crippen LogP contribution in [0.4, 0.5) is 5.82 Å². The first kappa shape index (κ1) is 20.2. The van der Waals surface area contributed by atoms with Crippen molar-refractivity contribution in [3.05, 3.63) is 30.1 Å². The second-order valence-electron chi connectivity index (χ2n) is 8.04. The van der Waals surface area contributed by atoms with E-state index < -0.39 is 15.1 Å². The van der Waals surface area contributed by atoms with Gasteiger partial charge in [0.25, 0.3) is 0 Å². The van der Waals surface area contributed by atoms with Crippen LogP contribution in [0.1, 0.15) is 30.7 Å². The molecule has 0 spiro atoms. The fourth-order valence-electron chi connectivity index (χ4n) is 4.38. The molecule has 3 aromatic rings. The van der Waals surface area contributed by atoms with E-state index in [1.807, 2.05) is 12.1 Å². The van der Waals surface area contributed by atoms with Gasteiger partial charge in [-0.2, -0.15) is 4.98 Å². The lowest BCUT2D eigenvalue weighted by Crippen LogP contribution is -2.44. The van der Waals surface area contributed by atoms with Crippen molar-refractivity contribution in [2.24, 2.45) is 0 Å². The zero-order valence-electron chi connectivity index (χ0n) is 17.5. The molecule has 0 aromatic carbocycles. The first-order valence-electron chi connectivity index (χ1n) is 10.4. The lowest BCUT2D eigenvalue weighted by Gasteiger charge is -2.34. The monoisotopic (exact) mass is 443 g/mol. The molecule has 2 aliphatic heterocycles. The van der Waals surface area contributed by atoms with Crippen LogP contribution in [0.25, 0.3) is 22.4 Å². The number of pyridine rings is 1. The number of morpholine rings is 1. The molecule has 0 radical (unpaired) electrons. The summed E-state index contributed by atoms with van der Waals surface area (Å²) >= 11 is 0. The number of anilines is 1. The van der Waals surface area contributed by atoms with Crippen LogP contribution in [0.2, 0.25) is 0 Å². The van der Waals surface area contributed by atoms with Crippen molar-refractivity contribution in [1.82, 2.24) is 19.9 Å². The molecule has 164 valence electrons. The van der Waals surface area contributed by atoms with Crippen LogP contribution in [0.5, 0.6) is 5.88 Å². The molecule has 9 nitrogen and oxygen atoms in total. The molecule has 5 rings (SSSR count). The first-order valence-corrected chi connectivity index (χ1v) is 12.2. The van der Waals surface area contributed by atoms with Gasteiger partial charge >= 0.3 is 0 Å². The third-order valence-corrected chi connectivity index (χ3v) is 8.21. The SMILES string of the molecule is COc1cc(-c2nc([C@H]3CCCS3(=O)=O)cc(N3CCOC[C@H]3C)n2)c2cc[nH]c2n1. The second kappa shape index (κ2) is 7.76. The molecule has 0 saturated carbocycles. The van der Waals surface area contributed by atoms with Gasteiger partial charge in [0.2, 0.25) is 5.88 Å². The largest absolute Gasteiger partial charge is 0.481 e. The summed E-state index contributed by atoms with van der Waals surface area (Å²) in [6.45, 7) is 3.97. The minimum atomic E-state index is -3.22. The Labute approximate surface area is 180 Å². The van der Waals surface area contributed by atoms with Gasteiger partial charge in [-0.05, 0) is 25.8 Å². The third-order valence-electron chi connectivity index (χ3n) is 6.01. The number of fused-ring (bicyclic) bond motifs is 1. The molecule has 10 heteroatoms. The summed E-state index contributed by atoms with van der Waals surface area (Å²) in [4.78, 5) is 19.3. The molecule has 0 unspecified atom stereocenters. The van der Waals surface area contributed by atoms with Gasteiger partial charge in [0.1, 0.15) is 16.7 Å². The van der Waals surface area contributed by atoms with Crippen LogP contribution in [-0.4, -0.2) is 67.0 Å². The van der Waals surface area contributed by atoms with Crippen LogP contribution < -0.4 is 9.64 Å². The highest BCUT2D eigenvalue weighted by molar-refractivity contribution is 7.91. The second-order valence-corrected chi connectivity index (χ2v) is 10.3. The van der Waals surface area contributed by atoms with Gasteiger partial charge in [-0.3, -0.25) is 0 Å². The van der Waals surface area contributed by atoms with Gasteiger partial charge in [-0.15, -0.1) is 0 Å². The molecule has 31 heavy (non-hydrogen) atoms. The van der Waals surface area contributed by atoms with Crippen molar-refractivity contribution in [2.75, 3.05) is 37.5 Å². The van der Waals surface area contributed by atoms with Crippen molar-refractivity contribution >= 4 is 26.7 Å². The number of hydrogen-bond donors (Lipinski definition) is 1. The normalized spacial score (nSPS) is 23.4. The van der Waals surface area contributed by atoms with Gasteiger partial charge in [0, 0.05) is 35.8 Å². The zero-order valence-corrected chi connectivity index (χ0v) is 18.4. The molecule has 3 aromatic heterocycles. The highest BCUT2D eigenvalue weighted by Gasteiger charge is 2.35. The quantitative estimate of drug-likeness (QED) is 0.655. The van der Waals surface area contributed by atoms with E-state index in [2.05, 4.69) is 21.8 Å². The van der Waals surface area contributed by atoms with Gasteiger partial charge in [-0.1, -0.05) is 0 Å². The molecule has 1 N–H and O–H groups in total. The Bertz CT molecular complexity index is 1230. The number of methoxy groups -OCH3 is 1. The minimum Gasteiger partial charge on any atom is -0.481 e. The highest BCUT2D eigenvalue weighted by Crippen LogP contribution is 2.37. The summed E-state index contributed by atoms with van der Waals surface area (Å²) in [5, 5.41) is 0.253. The Kier molecular flexibility index (Phi) is 5.05. The Morgan fingerprint density at radius 1 is 1.26 bits per heavy atom. The van der Waals surface area contributed by atoms with Crippen molar-refractivity contribution in [2.45, 2.75) is 31.1 Å². The number of hydrogen-bond acceptors (Lipinski definition) is 8. The smallest absolute Gasteiger partial charge is 0.215 e. The Morgan fingerprint density at radius 2 is 2.13 bits per heavy atom. The number of aromatic nitrogens is 4. The van der Waals surface area contributed by atoms with Crippen molar-refractivity contribution in [3.63, 3.8) is 0 Å². The molecular formula is C21H25N5O4S. The van der Waals surface area contributed by atoms with Crippen molar-refractivity contribution in [1.29, 1.82) is 0 Å². The number of rotatable bonds is 4. The summed E-state index contributed by atoms with van der Waals surface area (Å²) in [5.74, 6) is 1.83. The van der Waals surface area contributed by atoms with Crippen LogP contribution in [-0.2, 0) is 14.6 Å². The molecular weight excluding hydrogens is 418 g/mol. The summed E-state index contributed by atoms with van der Waals surface area (Å²) < 4.78 is 36.4. The van der Waals surface area contributed by atoms with E-state index >= 15 is 0 Å². The highest BCUT2D eigenvalue weighted by atomic mass is 32.2. The maximum absolute atomic E-state index is 12.7. The molecule has 2 atom stereocenters. The number of sulfone groups is 1. The fraction of sp³-hybridized carbons (Fsp3) is 0.476. The first-order chi connectivity index (χ1) is 15.0.